The van der Waals surface area contributed by atoms with Crippen LogP contribution in [0.15, 0.2) is 30.3 Å². The van der Waals surface area contributed by atoms with E-state index in [1.807, 2.05) is 32.9 Å². The van der Waals surface area contributed by atoms with Crippen molar-refractivity contribution in [2.45, 2.75) is 89.8 Å². The Hall–Kier alpha value is -3.13. The molecule has 3 atom stereocenters. The zero-order chi connectivity index (χ0) is 28.9. The number of nitrogens with zero attached hydrogens (tertiary/aromatic N) is 1. The number of benzene rings is 2. The zero-order valence-corrected chi connectivity index (χ0v) is 24.6. The maximum atomic E-state index is 13.9. The lowest BCUT2D eigenvalue weighted by atomic mass is 9.85. The maximum absolute atomic E-state index is 13.9. The number of ether oxygens (including phenoxy) is 3. The Morgan fingerprint density at radius 2 is 1.73 bits per heavy atom. The van der Waals surface area contributed by atoms with E-state index >= 15 is 0 Å². The Kier molecular flexibility index (Phi) is 9.39. The van der Waals surface area contributed by atoms with E-state index in [9.17, 15) is 14.4 Å². The normalized spacial score (nSPS) is 25.4. The fourth-order valence-corrected chi connectivity index (χ4v) is 6.00. The van der Waals surface area contributed by atoms with Crippen molar-refractivity contribution in [3.63, 3.8) is 0 Å². The Balaban J connectivity index is 1.74. The first-order chi connectivity index (χ1) is 19.1. The summed E-state index contributed by atoms with van der Waals surface area (Å²) in [7, 11) is 3.33. The summed E-state index contributed by atoms with van der Waals surface area (Å²) < 4.78 is 17.3. The van der Waals surface area contributed by atoms with Gasteiger partial charge in [0, 0.05) is 13.5 Å². The molecule has 2 amide bonds. The topological polar surface area (TPSA) is 94.2 Å². The highest BCUT2D eigenvalue weighted by atomic mass is 16.5. The molecule has 2 aliphatic rings. The van der Waals surface area contributed by atoms with Crippen molar-refractivity contribution < 1.29 is 28.6 Å². The number of hydrogen-bond acceptors (Lipinski definition) is 6. The van der Waals surface area contributed by atoms with Crippen molar-refractivity contribution in [2.24, 2.45) is 5.41 Å². The first-order valence-corrected chi connectivity index (χ1v) is 14.5. The van der Waals surface area contributed by atoms with Gasteiger partial charge < -0.3 is 29.2 Å². The molecule has 218 valence electrons. The molecule has 2 aromatic carbocycles. The summed E-state index contributed by atoms with van der Waals surface area (Å²) in [4.78, 5) is 40.5. The van der Waals surface area contributed by atoms with E-state index in [-0.39, 0.29) is 12.5 Å². The maximum Gasteiger partial charge on any atom is 0.407 e. The van der Waals surface area contributed by atoms with Gasteiger partial charge in [-0.05, 0) is 64.8 Å². The fraction of sp³-hybridized carbons (Fsp3) is 0.594. The van der Waals surface area contributed by atoms with Gasteiger partial charge in [-0.15, -0.1) is 0 Å². The average molecular weight is 553 g/mol. The fourth-order valence-electron chi connectivity index (χ4n) is 6.00. The molecule has 2 aliphatic heterocycles. The third kappa shape index (κ3) is 6.43. The van der Waals surface area contributed by atoms with Crippen LogP contribution in [-0.4, -0.2) is 62.6 Å². The van der Waals surface area contributed by atoms with Crippen molar-refractivity contribution in [3.8, 4) is 5.75 Å². The van der Waals surface area contributed by atoms with Crippen LogP contribution in [0.25, 0.3) is 10.8 Å². The molecule has 1 saturated heterocycles. The number of nitrogens with one attached hydrogen (secondary N) is 1. The molecule has 8 nitrogen and oxygen atoms in total. The Bertz CT molecular complexity index is 1220. The molecule has 1 fully saturated rings. The van der Waals surface area contributed by atoms with Crippen LogP contribution in [0.1, 0.15) is 76.8 Å². The van der Waals surface area contributed by atoms with Gasteiger partial charge in [-0.2, -0.15) is 0 Å². The summed E-state index contributed by atoms with van der Waals surface area (Å²) in [5, 5.41) is 4.92. The van der Waals surface area contributed by atoms with Crippen LogP contribution >= 0.6 is 0 Å². The van der Waals surface area contributed by atoms with E-state index in [0.717, 1.165) is 73.3 Å². The third-order valence-corrected chi connectivity index (χ3v) is 8.41. The van der Waals surface area contributed by atoms with Crippen molar-refractivity contribution in [2.75, 3.05) is 27.4 Å². The number of amides is 2. The van der Waals surface area contributed by atoms with Gasteiger partial charge in [-0.3, -0.25) is 4.79 Å². The Labute approximate surface area is 237 Å². The van der Waals surface area contributed by atoms with Crippen molar-refractivity contribution in [1.82, 2.24) is 10.2 Å². The van der Waals surface area contributed by atoms with Crippen LogP contribution < -0.4 is 10.1 Å². The lowest BCUT2D eigenvalue weighted by Gasteiger charge is -2.35. The van der Waals surface area contributed by atoms with E-state index < -0.39 is 29.2 Å². The largest absolute Gasteiger partial charge is 0.496 e. The van der Waals surface area contributed by atoms with Gasteiger partial charge in [0.1, 0.15) is 23.7 Å². The standard InChI is InChI=1S/C32H44N2O6/c1-31(2,3)28-29(36)34-21-32(39-5,19-26(34)20-35)25-14-13-22-18-27(38-4)23(16-24(22)17-25)12-10-8-6-7-9-11-15-40-30(37)33-28/h13-14,16-18,20,26,28H,6-12,15,19,21H2,1-5H3,(H,33,37)/t26-,28+,32-/m0/s1. The average Bonchev–Trinajstić information content (AvgIpc) is 3.33. The predicted octanol–water partition coefficient (Wildman–Crippen LogP) is 5.53. The van der Waals surface area contributed by atoms with Crippen molar-refractivity contribution in [3.05, 3.63) is 41.5 Å². The number of carbonyl (C=O) groups is 3. The SMILES string of the molecule is COc1cc2ccc3cc2cc1CCCCCCCCOC(=O)N[C@@H](C(C)(C)C)C(=O)N1C[C@@]3(OC)C[C@H]1C=O. The molecule has 0 aliphatic carbocycles. The highest BCUT2D eigenvalue weighted by molar-refractivity contribution is 5.89. The van der Waals surface area contributed by atoms with Gasteiger partial charge in [-0.25, -0.2) is 4.79 Å². The second-order valence-corrected chi connectivity index (χ2v) is 12.2. The summed E-state index contributed by atoms with van der Waals surface area (Å²) in [5.41, 5.74) is 0.614. The van der Waals surface area contributed by atoms with Gasteiger partial charge in [0.25, 0.3) is 0 Å². The molecule has 1 N–H and O–H groups in total. The summed E-state index contributed by atoms with van der Waals surface area (Å²) >= 11 is 0. The number of rotatable bonds is 3. The number of aldehydes is 1. The van der Waals surface area contributed by atoms with Gasteiger partial charge in [0.15, 0.2) is 0 Å². The molecule has 2 heterocycles. The number of alkyl carbamates (subject to hydrolysis) is 1. The molecule has 4 rings (SSSR count). The van der Waals surface area contributed by atoms with E-state index in [1.165, 1.54) is 5.56 Å². The molecule has 0 aromatic heterocycles. The molecule has 5 bridgehead atoms. The summed E-state index contributed by atoms with van der Waals surface area (Å²) in [5.74, 6) is 0.570. The Morgan fingerprint density at radius 1 is 1.00 bits per heavy atom. The first kappa shape index (κ1) is 29.8. The second-order valence-electron chi connectivity index (χ2n) is 12.2. The molecular formula is C32H44N2O6. The summed E-state index contributed by atoms with van der Waals surface area (Å²) in [6, 6.07) is 8.89. The minimum absolute atomic E-state index is 0.198. The van der Waals surface area contributed by atoms with Crippen molar-refractivity contribution >= 4 is 29.1 Å². The molecule has 8 heteroatoms. The smallest absolute Gasteiger partial charge is 0.407 e. The number of methoxy groups -OCH3 is 2. The Morgan fingerprint density at radius 3 is 2.40 bits per heavy atom. The van der Waals surface area contributed by atoms with Crippen molar-refractivity contribution in [1.29, 1.82) is 0 Å². The zero-order valence-electron chi connectivity index (χ0n) is 24.6. The lowest BCUT2D eigenvalue weighted by Crippen LogP contribution is -2.56. The molecule has 40 heavy (non-hydrogen) atoms. The monoisotopic (exact) mass is 552 g/mol. The molecular weight excluding hydrogens is 508 g/mol. The molecule has 0 saturated carbocycles. The van der Waals surface area contributed by atoms with Gasteiger partial charge in [-0.1, -0.05) is 58.6 Å². The third-order valence-electron chi connectivity index (χ3n) is 8.41. The van der Waals surface area contributed by atoms with E-state index in [4.69, 9.17) is 14.2 Å². The van der Waals surface area contributed by atoms with E-state index in [2.05, 4.69) is 23.5 Å². The summed E-state index contributed by atoms with van der Waals surface area (Å²) in [6.45, 7) is 6.17. The minimum atomic E-state index is -0.865. The van der Waals surface area contributed by atoms with Crippen LogP contribution in [0.5, 0.6) is 5.75 Å². The predicted molar refractivity (Wildman–Crippen MR) is 155 cm³/mol. The number of aryl methyl sites for hydroxylation is 1. The molecule has 0 spiro atoms. The minimum Gasteiger partial charge on any atom is -0.496 e. The second kappa shape index (κ2) is 12.6. The van der Waals surface area contributed by atoms with Gasteiger partial charge in [0.2, 0.25) is 5.91 Å². The summed E-state index contributed by atoms with van der Waals surface area (Å²) in [6.07, 6.45) is 7.58. The molecule has 0 unspecified atom stereocenters. The van der Waals surface area contributed by atoms with E-state index in [1.54, 1.807) is 19.1 Å². The number of cyclic esters (lactones) is 1. The molecule has 0 radical (unpaired) electrons. The highest BCUT2D eigenvalue weighted by Crippen LogP contribution is 2.41. The van der Waals surface area contributed by atoms with Crippen LogP contribution in [0, 0.1) is 5.41 Å². The molecule has 2 aromatic rings. The van der Waals surface area contributed by atoms with Crippen LogP contribution in [-0.2, 0) is 31.1 Å². The van der Waals surface area contributed by atoms with Crippen LogP contribution in [0.2, 0.25) is 0 Å². The van der Waals surface area contributed by atoms with Crippen LogP contribution in [0.3, 0.4) is 0 Å². The highest BCUT2D eigenvalue weighted by Gasteiger charge is 2.50. The number of carbonyl (C=O) groups excluding carboxylic acids is 3. The van der Waals surface area contributed by atoms with Crippen LogP contribution in [0.4, 0.5) is 4.79 Å². The van der Waals surface area contributed by atoms with Gasteiger partial charge in [0.05, 0.1) is 26.3 Å². The number of hydrogen-bond donors (Lipinski definition) is 1. The van der Waals surface area contributed by atoms with E-state index in [0.29, 0.717) is 13.0 Å². The number of fused-ring (bicyclic) bond motifs is 5. The lowest BCUT2D eigenvalue weighted by molar-refractivity contribution is -0.139. The quantitative estimate of drug-likeness (QED) is 0.504. The van der Waals surface area contributed by atoms with Gasteiger partial charge >= 0.3 is 6.09 Å². The first-order valence-electron chi connectivity index (χ1n) is 14.5.